The van der Waals surface area contributed by atoms with Gasteiger partial charge in [-0.05, 0) is 38.1 Å². The van der Waals surface area contributed by atoms with Crippen LogP contribution in [0, 0.1) is 5.92 Å². The van der Waals surface area contributed by atoms with Crippen LogP contribution in [0.4, 0.5) is 0 Å². The number of nitrogens with one attached hydrogen (secondary N) is 1. The van der Waals surface area contributed by atoms with Crippen LogP contribution in [0.15, 0.2) is 17.5 Å². The molecule has 0 aliphatic carbocycles. The second-order valence-corrected chi connectivity index (χ2v) is 6.73. The number of esters is 1. The molecular formula is C14H21NO3S. The molecule has 106 valence electrons. The molecular weight excluding hydrogens is 262 g/mol. The zero-order valence-electron chi connectivity index (χ0n) is 12.0. The number of carbonyl (C=O) groups excluding carboxylic acids is 2. The number of carbonyl (C=O) groups is 2. The van der Waals surface area contributed by atoms with Gasteiger partial charge in [-0.25, -0.2) is 4.79 Å². The van der Waals surface area contributed by atoms with Crippen LogP contribution in [-0.2, 0) is 9.53 Å². The molecule has 1 rings (SSSR count). The average molecular weight is 283 g/mol. The Bertz CT molecular complexity index is 432. The normalized spacial score (nSPS) is 13.2. The molecule has 4 nitrogen and oxygen atoms in total. The summed E-state index contributed by atoms with van der Waals surface area (Å²) in [5, 5.41) is 4.64. The number of hydrogen-bond donors (Lipinski definition) is 1. The van der Waals surface area contributed by atoms with E-state index in [1.165, 1.54) is 11.3 Å². The third-order valence-electron chi connectivity index (χ3n) is 2.32. The third-order valence-corrected chi connectivity index (χ3v) is 3.17. The van der Waals surface area contributed by atoms with Gasteiger partial charge in [0.1, 0.15) is 4.88 Å². The Hall–Kier alpha value is -1.36. The van der Waals surface area contributed by atoms with Crippen molar-refractivity contribution < 1.29 is 14.3 Å². The van der Waals surface area contributed by atoms with E-state index in [9.17, 15) is 9.59 Å². The Kier molecular flexibility index (Phi) is 5.11. The fourth-order valence-corrected chi connectivity index (χ4v) is 2.11. The van der Waals surface area contributed by atoms with Crippen LogP contribution in [0.3, 0.4) is 0 Å². The zero-order valence-corrected chi connectivity index (χ0v) is 12.8. The van der Waals surface area contributed by atoms with E-state index in [1.807, 2.05) is 34.6 Å². The first kappa shape index (κ1) is 15.7. The molecule has 1 aromatic rings. The lowest BCUT2D eigenvalue weighted by Gasteiger charge is -2.26. The van der Waals surface area contributed by atoms with E-state index in [0.717, 1.165) is 0 Å². The Labute approximate surface area is 118 Å². The number of thiophene rings is 1. The maximum absolute atomic E-state index is 12.1. The summed E-state index contributed by atoms with van der Waals surface area (Å²) < 4.78 is 5.32. The number of rotatable bonds is 4. The van der Waals surface area contributed by atoms with Crippen LogP contribution >= 0.6 is 11.3 Å². The number of hydrogen-bond acceptors (Lipinski definition) is 4. The van der Waals surface area contributed by atoms with E-state index < -0.39 is 12.1 Å². The molecule has 0 saturated heterocycles. The summed E-state index contributed by atoms with van der Waals surface area (Å²) in [6, 6.07) is 3.47. The molecule has 0 spiro atoms. The Balaban J connectivity index is 2.73. The van der Waals surface area contributed by atoms with Gasteiger partial charge in [-0.15, -0.1) is 11.3 Å². The van der Waals surface area contributed by atoms with Crippen molar-refractivity contribution in [2.45, 2.75) is 46.3 Å². The molecule has 5 heteroatoms. The highest BCUT2D eigenvalue weighted by atomic mass is 32.1. The van der Waals surface area contributed by atoms with Gasteiger partial charge in [0.2, 0.25) is 0 Å². The summed E-state index contributed by atoms with van der Waals surface area (Å²) in [5.74, 6) is -0.781. The Morgan fingerprint density at radius 1 is 1.32 bits per heavy atom. The number of amides is 1. The van der Waals surface area contributed by atoms with Gasteiger partial charge in [-0.3, -0.25) is 4.79 Å². The summed E-state index contributed by atoms with van der Waals surface area (Å²) in [6.07, 6.45) is -0.770. The summed E-state index contributed by atoms with van der Waals surface area (Å²) >= 11 is 1.30. The zero-order chi connectivity index (χ0) is 14.6. The molecule has 19 heavy (non-hydrogen) atoms. The van der Waals surface area contributed by atoms with Crippen molar-refractivity contribution in [2.75, 3.05) is 0 Å². The molecule has 1 amide bonds. The van der Waals surface area contributed by atoms with Gasteiger partial charge in [-0.1, -0.05) is 19.9 Å². The van der Waals surface area contributed by atoms with E-state index in [-0.39, 0.29) is 17.4 Å². The summed E-state index contributed by atoms with van der Waals surface area (Å²) in [4.78, 5) is 24.5. The van der Waals surface area contributed by atoms with Crippen LogP contribution in [0.1, 0.15) is 44.3 Å². The smallest absolute Gasteiger partial charge is 0.349 e. The quantitative estimate of drug-likeness (QED) is 0.864. The standard InChI is InChI=1S/C14H21NO3S/c1-9(2)11(12(16)15-14(3,4)5)18-13(17)10-7-6-8-19-10/h6-9,11H,1-5H3,(H,15,16). The summed E-state index contributed by atoms with van der Waals surface area (Å²) in [5.41, 5.74) is -0.348. The van der Waals surface area contributed by atoms with Gasteiger partial charge >= 0.3 is 5.97 Å². The summed E-state index contributed by atoms with van der Waals surface area (Å²) in [7, 11) is 0. The van der Waals surface area contributed by atoms with Crippen LogP contribution in [0.5, 0.6) is 0 Å². The highest BCUT2D eigenvalue weighted by molar-refractivity contribution is 7.11. The van der Waals surface area contributed by atoms with Gasteiger partial charge in [-0.2, -0.15) is 0 Å². The highest BCUT2D eigenvalue weighted by Crippen LogP contribution is 2.15. The minimum Gasteiger partial charge on any atom is -0.448 e. The molecule has 1 unspecified atom stereocenters. The van der Waals surface area contributed by atoms with Crippen LogP contribution in [0.2, 0.25) is 0 Å². The van der Waals surface area contributed by atoms with E-state index in [1.54, 1.807) is 17.5 Å². The molecule has 1 heterocycles. The van der Waals surface area contributed by atoms with Gasteiger partial charge in [0.05, 0.1) is 0 Å². The minimum absolute atomic E-state index is 0.0775. The molecule has 0 aliphatic heterocycles. The lowest BCUT2D eigenvalue weighted by Crippen LogP contribution is -2.48. The third kappa shape index (κ3) is 5.03. The lowest BCUT2D eigenvalue weighted by atomic mass is 10.0. The van der Waals surface area contributed by atoms with Crippen molar-refractivity contribution in [1.82, 2.24) is 5.32 Å². The highest BCUT2D eigenvalue weighted by Gasteiger charge is 2.29. The Morgan fingerprint density at radius 2 is 1.95 bits per heavy atom. The largest absolute Gasteiger partial charge is 0.448 e. The predicted molar refractivity (Wildman–Crippen MR) is 76.3 cm³/mol. The van der Waals surface area contributed by atoms with Gasteiger partial charge in [0.25, 0.3) is 5.91 Å². The number of ether oxygens (including phenoxy) is 1. The van der Waals surface area contributed by atoms with Crippen molar-refractivity contribution in [3.05, 3.63) is 22.4 Å². The van der Waals surface area contributed by atoms with Crippen molar-refractivity contribution in [1.29, 1.82) is 0 Å². The van der Waals surface area contributed by atoms with Crippen molar-refractivity contribution in [3.8, 4) is 0 Å². The molecule has 1 N–H and O–H groups in total. The van der Waals surface area contributed by atoms with E-state index in [2.05, 4.69) is 5.32 Å². The van der Waals surface area contributed by atoms with E-state index >= 15 is 0 Å². The van der Waals surface area contributed by atoms with Gasteiger partial charge in [0, 0.05) is 5.54 Å². The first-order chi connectivity index (χ1) is 8.70. The van der Waals surface area contributed by atoms with Crippen molar-refractivity contribution in [2.24, 2.45) is 5.92 Å². The van der Waals surface area contributed by atoms with Gasteiger partial charge in [0.15, 0.2) is 6.10 Å². The molecule has 0 radical (unpaired) electrons. The average Bonchev–Trinajstić information content (AvgIpc) is 2.75. The molecule has 0 saturated carbocycles. The van der Waals surface area contributed by atoms with Crippen LogP contribution in [-0.4, -0.2) is 23.5 Å². The predicted octanol–water partition coefficient (Wildman–Crippen LogP) is 2.84. The monoisotopic (exact) mass is 283 g/mol. The molecule has 0 aromatic carbocycles. The Morgan fingerprint density at radius 3 is 2.37 bits per heavy atom. The lowest BCUT2D eigenvalue weighted by molar-refractivity contribution is -0.133. The maximum Gasteiger partial charge on any atom is 0.349 e. The fraction of sp³-hybridized carbons (Fsp3) is 0.571. The van der Waals surface area contributed by atoms with E-state index in [4.69, 9.17) is 4.74 Å². The van der Waals surface area contributed by atoms with Crippen LogP contribution in [0.25, 0.3) is 0 Å². The minimum atomic E-state index is -0.770. The van der Waals surface area contributed by atoms with Gasteiger partial charge < -0.3 is 10.1 Å². The molecule has 0 aliphatic rings. The SMILES string of the molecule is CC(C)C(OC(=O)c1cccs1)C(=O)NC(C)(C)C. The second kappa shape index (κ2) is 6.19. The first-order valence-electron chi connectivity index (χ1n) is 6.27. The van der Waals surface area contributed by atoms with Crippen molar-refractivity contribution >= 4 is 23.2 Å². The summed E-state index contributed by atoms with van der Waals surface area (Å²) in [6.45, 7) is 9.39. The fourth-order valence-electron chi connectivity index (χ4n) is 1.50. The van der Waals surface area contributed by atoms with Crippen LogP contribution < -0.4 is 5.32 Å². The molecule has 1 aromatic heterocycles. The maximum atomic E-state index is 12.1. The van der Waals surface area contributed by atoms with E-state index in [0.29, 0.717) is 4.88 Å². The molecule has 1 atom stereocenters. The molecule has 0 fully saturated rings. The first-order valence-corrected chi connectivity index (χ1v) is 7.15. The second-order valence-electron chi connectivity index (χ2n) is 5.79. The molecule has 0 bridgehead atoms. The van der Waals surface area contributed by atoms with Crippen molar-refractivity contribution in [3.63, 3.8) is 0 Å². The topological polar surface area (TPSA) is 55.4 Å².